The van der Waals surface area contributed by atoms with Crippen LogP contribution < -0.4 is 15.3 Å². The third-order valence-electron chi connectivity index (χ3n) is 9.80. The van der Waals surface area contributed by atoms with Gasteiger partial charge in [-0.05, 0) is 126 Å². The molecule has 14 nitrogen and oxygen atoms in total. The summed E-state index contributed by atoms with van der Waals surface area (Å²) in [7, 11) is 0. The first-order valence-corrected chi connectivity index (χ1v) is 21.5. The first-order chi connectivity index (χ1) is 31.8. The van der Waals surface area contributed by atoms with Crippen LogP contribution in [0.5, 0.6) is 0 Å². The summed E-state index contributed by atoms with van der Waals surface area (Å²) in [6, 6.07) is 21.9. The van der Waals surface area contributed by atoms with Crippen LogP contribution in [0.2, 0.25) is 0 Å². The van der Waals surface area contributed by atoms with Crippen LogP contribution in [0.25, 0.3) is 0 Å². The van der Waals surface area contributed by atoms with Crippen molar-refractivity contribution in [3.05, 3.63) is 130 Å². The zero-order chi connectivity index (χ0) is 50.0. The topological polar surface area (TPSA) is 147 Å². The van der Waals surface area contributed by atoms with Gasteiger partial charge in [-0.3, -0.25) is 19.8 Å². The molecular formula is C48H53F6N5O9. The molecule has 2 heterocycles. The van der Waals surface area contributed by atoms with Gasteiger partial charge in [0, 0.05) is 26.2 Å². The number of hydrogen-bond acceptors (Lipinski definition) is 11. The number of esters is 2. The molecule has 4 aromatic carbocycles. The van der Waals surface area contributed by atoms with Gasteiger partial charge in [0.25, 0.3) is 5.91 Å². The van der Waals surface area contributed by atoms with E-state index in [1.807, 2.05) is 0 Å². The summed E-state index contributed by atoms with van der Waals surface area (Å²) in [6.45, 7) is 12.0. The molecule has 0 saturated carbocycles. The smallest absolute Gasteiger partial charge is 0.429 e. The van der Waals surface area contributed by atoms with Crippen LogP contribution in [0.3, 0.4) is 0 Å². The normalized spacial score (nSPS) is 14.2. The number of nitrogens with zero attached hydrogens (tertiary/aromatic N) is 4. The third-order valence-corrected chi connectivity index (χ3v) is 9.80. The number of alkyl carbamates (subject to hydrolysis) is 1. The second-order valence-electron chi connectivity index (χ2n) is 17.6. The number of amides is 3. The van der Waals surface area contributed by atoms with Crippen molar-refractivity contribution < 1.29 is 69.3 Å². The van der Waals surface area contributed by atoms with Crippen molar-refractivity contribution >= 4 is 41.4 Å². The molecular weight excluding hydrogens is 905 g/mol. The molecule has 20 heteroatoms. The third kappa shape index (κ3) is 15.3. The van der Waals surface area contributed by atoms with Gasteiger partial charge in [0.1, 0.15) is 31.0 Å². The highest BCUT2D eigenvalue weighted by Crippen LogP contribution is 2.31. The van der Waals surface area contributed by atoms with Crippen molar-refractivity contribution in [2.75, 3.05) is 42.7 Å². The van der Waals surface area contributed by atoms with E-state index in [1.54, 1.807) is 100 Å². The minimum absolute atomic E-state index is 0.158. The molecule has 68 heavy (non-hydrogen) atoms. The number of halogens is 6. The molecule has 0 radical (unpaired) electrons. The summed E-state index contributed by atoms with van der Waals surface area (Å²) >= 11 is 0. The molecule has 0 bridgehead atoms. The Morgan fingerprint density at radius 1 is 0.544 bits per heavy atom. The Balaban J connectivity index is 0.000000256. The summed E-state index contributed by atoms with van der Waals surface area (Å²) in [5.41, 5.74) is -0.282. The van der Waals surface area contributed by atoms with Crippen LogP contribution >= 0.6 is 0 Å². The van der Waals surface area contributed by atoms with Gasteiger partial charge in [-0.25, -0.2) is 24.2 Å². The Morgan fingerprint density at radius 3 is 1.37 bits per heavy atom. The number of hydrogen-bond donors (Lipinski definition) is 1. The SMILES string of the molecule is CC(C)(C)OC(=O)N1CCCN1c1cccc(C(=O)OCc2ccc(C(F)(F)F)cc2)c1.CC(C)(C)OC(=O)NCC(=O)N1CCCN1c1cccc(C(=O)OCc2ccc(C(F)(F)F)cc2)c1. The van der Waals surface area contributed by atoms with Crippen molar-refractivity contribution in [3.63, 3.8) is 0 Å². The number of carbonyl (C=O) groups is 5. The van der Waals surface area contributed by atoms with Crippen molar-refractivity contribution in [1.29, 1.82) is 0 Å². The number of carbonyl (C=O) groups excluding carboxylic acids is 5. The van der Waals surface area contributed by atoms with E-state index in [0.29, 0.717) is 55.1 Å². The lowest BCUT2D eigenvalue weighted by molar-refractivity contribution is -0.138. The second-order valence-corrected chi connectivity index (χ2v) is 17.6. The number of nitrogens with one attached hydrogen (secondary N) is 1. The maximum absolute atomic E-state index is 12.7. The number of ether oxygens (including phenoxy) is 4. The molecule has 366 valence electrons. The minimum Gasteiger partial charge on any atom is -0.457 e. The van der Waals surface area contributed by atoms with E-state index in [9.17, 15) is 50.3 Å². The highest BCUT2D eigenvalue weighted by atomic mass is 19.4. The summed E-state index contributed by atoms with van der Waals surface area (Å²) in [6.07, 6.45) is -8.57. The van der Waals surface area contributed by atoms with Crippen LogP contribution in [-0.2, 0) is 49.3 Å². The number of benzene rings is 4. The lowest BCUT2D eigenvalue weighted by atomic mass is 10.1. The zero-order valence-corrected chi connectivity index (χ0v) is 38.3. The summed E-state index contributed by atoms with van der Waals surface area (Å²) in [4.78, 5) is 62.1. The Hall–Kier alpha value is -6.99. The van der Waals surface area contributed by atoms with E-state index in [1.165, 1.54) is 34.3 Å². The highest BCUT2D eigenvalue weighted by Gasteiger charge is 2.33. The Kier molecular flexibility index (Phi) is 16.6. The Morgan fingerprint density at radius 2 is 0.956 bits per heavy atom. The van der Waals surface area contributed by atoms with E-state index in [2.05, 4.69) is 5.32 Å². The lowest BCUT2D eigenvalue weighted by Gasteiger charge is -2.31. The van der Waals surface area contributed by atoms with Gasteiger partial charge in [-0.1, -0.05) is 36.4 Å². The predicted octanol–water partition coefficient (Wildman–Crippen LogP) is 9.97. The minimum atomic E-state index is -4.44. The molecule has 0 aliphatic carbocycles. The van der Waals surface area contributed by atoms with Gasteiger partial charge >= 0.3 is 36.5 Å². The Labute approximate surface area is 389 Å². The van der Waals surface area contributed by atoms with Gasteiger partial charge in [0.05, 0.1) is 33.6 Å². The number of anilines is 2. The van der Waals surface area contributed by atoms with Crippen molar-refractivity contribution in [2.45, 2.75) is 91.2 Å². The lowest BCUT2D eigenvalue weighted by Crippen LogP contribution is -2.47. The van der Waals surface area contributed by atoms with Gasteiger partial charge < -0.3 is 24.3 Å². The maximum atomic E-state index is 12.7. The largest absolute Gasteiger partial charge is 0.457 e. The summed E-state index contributed by atoms with van der Waals surface area (Å²) < 4.78 is 97.2. The fourth-order valence-corrected chi connectivity index (χ4v) is 6.71. The van der Waals surface area contributed by atoms with E-state index in [0.717, 1.165) is 30.7 Å². The van der Waals surface area contributed by atoms with Crippen LogP contribution in [-0.4, -0.2) is 84.0 Å². The number of alkyl halides is 6. The Bertz CT molecular complexity index is 2400. The first-order valence-electron chi connectivity index (χ1n) is 21.5. The van der Waals surface area contributed by atoms with Crippen molar-refractivity contribution in [3.8, 4) is 0 Å². The zero-order valence-electron chi connectivity index (χ0n) is 38.3. The standard InChI is InChI=1S/C25H28F3N3O5.C23H25F3N2O4/c1-24(2,3)36-23(34)29-15-21(32)31-13-5-12-30(31)20-7-4-6-18(14-20)22(33)35-16-17-8-10-19(11-9-17)25(26,27)28;1-22(2,3)32-21(30)28-13-5-12-27(28)19-7-4-6-17(14-19)20(29)31-15-16-8-10-18(11-9-16)23(24,25)26/h4,6-11,14H,5,12-13,15-16H2,1-3H3,(H,29,34);4,6-11,14H,5,12-13,15H2,1-3H3. The number of rotatable bonds is 10. The predicted molar refractivity (Wildman–Crippen MR) is 237 cm³/mol. The molecule has 0 unspecified atom stereocenters. The van der Waals surface area contributed by atoms with Gasteiger partial charge in [-0.15, -0.1) is 0 Å². The molecule has 2 fully saturated rings. The van der Waals surface area contributed by atoms with Crippen LogP contribution in [0.15, 0.2) is 97.1 Å². The fourth-order valence-electron chi connectivity index (χ4n) is 6.71. The monoisotopic (exact) mass is 957 g/mol. The molecule has 0 spiro atoms. The van der Waals surface area contributed by atoms with Crippen LogP contribution in [0.4, 0.5) is 47.3 Å². The van der Waals surface area contributed by atoms with E-state index in [4.69, 9.17) is 18.9 Å². The molecule has 0 atom stereocenters. The second kappa shape index (κ2) is 21.8. The molecule has 3 amide bonds. The van der Waals surface area contributed by atoms with Crippen molar-refractivity contribution in [2.24, 2.45) is 0 Å². The first kappa shape index (κ1) is 52.0. The molecule has 1 N–H and O–H groups in total. The van der Waals surface area contributed by atoms with Gasteiger partial charge in [-0.2, -0.15) is 26.3 Å². The van der Waals surface area contributed by atoms with E-state index >= 15 is 0 Å². The van der Waals surface area contributed by atoms with Gasteiger partial charge in [0.15, 0.2) is 0 Å². The molecule has 2 saturated heterocycles. The van der Waals surface area contributed by atoms with E-state index < -0.39 is 58.8 Å². The molecule has 0 aromatic heterocycles. The van der Waals surface area contributed by atoms with E-state index in [-0.39, 0.29) is 36.8 Å². The molecule has 4 aromatic rings. The highest BCUT2D eigenvalue weighted by molar-refractivity contribution is 5.91. The average Bonchev–Trinajstić information content (AvgIpc) is 3.97. The quantitative estimate of drug-likeness (QED) is 0.0921. The summed E-state index contributed by atoms with van der Waals surface area (Å²) in [5, 5.41) is 8.90. The summed E-state index contributed by atoms with van der Waals surface area (Å²) in [5.74, 6) is -1.61. The van der Waals surface area contributed by atoms with Crippen LogP contribution in [0.1, 0.15) is 97.4 Å². The molecule has 6 rings (SSSR count). The fraction of sp³-hybridized carbons (Fsp3) is 0.396. The maximum Gasteiger partial charge on any atom is 0.429 e. The average molecular weight is 958 g/mol. The molecule has 2 aliphatic rings. The number of hydrazine groups is 2. The van der Waals surface area contributed by atoms with Crippen LogP contribution in [0, 0.1) is 0 Å². The van der Waals surface area contributed by atoms with Crippen molar-refractivity contribution in [1.82, 2.24) is 15.3 Å². The van der Waals surface area contributed by atoms with Gasteiger partial charge in [0.2, 0.25) is 0 Å². The molecule has 2 aliphatic heterocycles.